The average Bonchev–Trinajstić information content (AvgIpc) is 2.18. The number of hydrogen-bond donors (Lipinski definition) is 2. The summed E-state index contributed by atoms with van der Waals surface area (Å²) >= 11 is 0. The molecule has 1 aromatic carbocycles. The number of carboxylic acids is 1. The van der Waals surface area contributed by atoms with Crippen LogP contribution in [0.25, 0.3) is 5.57 Å². The van der Waals surface area contributed by atoms with E-state index in [1.807, 2.05) is 0 Å². The Bertz CT molecular complexity index is 421. The van der Waals surface area contributed by atoms with Gasteiger partial charge < -0.3 is 10.8 Å². The van der Waals surface area contributed by atoms with Crippen molar-refractivity contribution in [2.24, 2.45) is 5.73 Å². The number of hydrogen-bond acceptors (Lipinski definition) is 2. The zero-order valence-corrected chi connectivity index (χ0v) is 8.23. The van der Waals surface area contributed by atoms with Crippen LogP contribution in [0.15, 0.2) is 35.9 Å². The second-order valence-electron chi connectivity index (χ2n) is 3.04. The monoisotopic (exact) mass is 205 g/mol. The molecule has 0 heterocycles. The predicted molar refractivity (Wildman–Crippen MR) is 55.9 cm³/mol. The average molecular weight is 205 g/mol. The Hall–Kier alpha value is -2.10. The molecular formula is C11H11NO3. The first-order chi connectivity index (χ1) is 7.04. The molecule has 0 saturated heterocycles. The lowest BCUT2D eigenvalue weighted by Gasteiger charge is -2.05. The van der Waals surface area contributed by atoms with Crippen LogP contribution in [0, 0.1) is 0 Å². The summed E-state index contributed by atoms with van der Waals surface area (Å²) in [5.41, 5.74) is 5.66. The van der Waals surface area contributed by atoms with Gasteiger partial charge in [0.2, 0.25) is 5.91 Å². The van der Waals surface area contributed by atoms with Crippen molar-refractivity contribution in [3.05, 3.63) is 41.5 Å². The maximum absolute atomic E-state index is 11.1. The summed E-state index contributed by atoms with van der Waals surface area (Å²) in [6.07, 6.45) is 0. The largest absolute Gasteiger partial charge is 0.478 e. The number of amides is 1. The zero-order chi connectivity index (χ0) is 11.4. The number of carbonyl (C=O) groups is 2. The summed E-state index contributed by atoms with van der Waals surface area (Å²) in [5.74, 6) is -1.88. The highest BCUT2D eigenvalue weighted by Gasteiger charge is 2.15. The lowest BCUT2D eigenvalue weighted by molar-refractivity contribution is -0.132. The first-order valence-electron chi connectivity index (χ1n) is 4.33. The molecule has 0 spiro atoms. The summed E-state index contributed by atoms with van der Waals surface area (Å²) in [6.45, 7) is 1.36. The summed E-state index contributed by atoms with van der Waals surface area (Å²) in [5, 5.41) is 8.80. The van der Waals surface area contributed by atoms with E-state index in [2.05, 4.69) is 0 Å². The van der Waals surface area contributed by atoms with Crippen molar-refractivity contribution < 1.29 is 14.7 Å². The van der Waals surface area contributed by atoms with Crippen LogP contribution in [-0.2, 0) is 9.59 Å². The van der Waals surface area contributed by atoms with E-state index in [9.17, 15) is 9.59 Å². The second kappa shape index (κ2) is 4.41. The van der Waals surface area contributed by atoms with Gasteiger partial charge in [0.05, 0.1) is 5.57 Å². The van der Waals surface area contributed by atoms with Crippen LogP contribution < -0.4 is 5.73 Å². The highest BCUT2D eigenvalue weighted by molar-refractivity contribution is 6.24. The third kappa shape index (κ3) is 2.43. The minimum atomic E-state index is -1.15. The number of primary amides is 1. The predicted octanol–water partition coefficient (Wildman–Crippen LogP) is 1.03. The minimum Gasteiger partial charge on any atom is -0.478 e. The van der Waals surface area contributed by atoms with Gasteiger partial charge in [-0.1, -0.05) is 30.3 Å². The molecule has 0 atom stereocenters. The van der Waals surface area contributed by atoms with E-state index in [4.69, 9.17) is 10.8 Å². The zero-order valence-electron chi connectivity index (χ0n) is 8.23. The first kappa shape index (κ1) is 11.0. The SMILES string of the molecule is CC(C(=O)O)=C(C(N)=O)c1ccccc1. The molecule has 3 N–H and O–H groups in total. The van der Waals surface area contributed by atoms with Crippen molar-refractivity contribution in [3.8, 4) is 0 Å². The van der Waals surface area contributed by atoms with Crippen LogP contribution in [-0.4, -0.2) is 17.0 Å². The number of aliphatic carboxylic acids is 1. The van der Waals surface area contributed by atoms with Gasteiger partial charge in [-0.25, -0.2) is 4.79 Å². The van der Waals surface area contributed by atoms with Gasteiger partial charge in [-0.05, 0) is 12.5 Å². The van der Waals surface area contributed by atoms with Crippen molar-refractivity contribution in [2.75, 3.05) is 0 Å². The van der Waals surface area contributed by atoms with Crippen molar-refractivity contribution >= 4 is 17.4 Å². The normalized spacial score (nSPS) is 11.8. The molecule has 0 aliphatic heterocycles. The molecule has 0 saturated carbocycles. The number of benzene rings is 1. The fourth-order valence-corrected chi connectivity index (χ4v) is 1.26. The quantitative estimate of drug-likeness (QED) is 0.723. The van der Waals surface area contributed by atoms with Gasteiger partial charge in [-0.3, -0.25) is 4.79 Å². The molecular weight excluding hydrogens is 194 g/mol. The molecule has 4 nitrogen and oxygen atoms in total. The Kier molecular flexibility index (Phi) is 3.23. The fraction of sp³-hybridized carbons (Fsp3) is 0.0909. The van der Waals surface area contributed by atoms with Crippen molar-refractivity contribution in [1.82, 2.24) is 0 Å². The highest BCUT2D eigenvalue weighted by atomic mass is 16.4. The lowest BCUT2D eigenvalue weighted by Crippen LogP contribution is -2.16. The van der Waals surface area contributed by atoms with Crippen molar-refractivity contribution in [3.63, 3.8) is 0 Å². The van der Waals surface area contributed by atoms with Gasteiger partial charge in [-0.15, -0.1) is 0 Å². The van der Waals surface area contributed by atoms with Crippen LogP contribution in [0.5, 0.6) is 0 Å². The van der Waals surface area contributed by atoms with Crippen LogP contribution in [0.2, 0.25) is 0 Å². The van der Waals surface area contributed by atoms with Crippen LogP contribution >= 0.6 is 0 Å². The summed E-state index contributed by atoms with van der Waals surface area (Å²) in [7, 11) is 0. The number of carbonyl (C=O) groups excluding carboxylic acids is 1. The maximum atomic E-state index is 11.1. The number of nitrogens with two attached hydrogens (primary N) is 1. The van der Waals surface area contributed by atoms with E-state index < -0.39 is 11.9 Å². The molecule has 4 heteroatoms. The third-order valence-electron chi connectivity index (χ3n) is 2.00. The Balaban J connectivity index is 3.34. The summed E-state index contributed by atoms with van der Waals surface area (Å²) < 4.78 is 0. The van der Waals surface area contributed by atoms with Gasteiger partial charge in [0.1, 0.15) is 0 Å². The summed E-state index contributed by atoms with van der Waals surface area (Å²) in [4.78, 5) is 21.9. The van der Waals surface area contributed by atoms with Gasteiger partial charge in [0.15, 0.2) is 0 Å². The van der Waals surface area contributed by atoms with E-state index in [1.165, 1.54) is 6.92 Å². The molecule has 0 radical (unpaired) electrons. The molecule has 0 fully saturated rings. The molecule has 15 heavy (non-hydrogen) atoms. The topological polar surface area (TPSA) is 80.4 Å². The molecule has 78 valence electrons. The smallest absolute Gasteiger partial charge is 0.332 e. The Morgan fingerprint density at radius 3 is 2.13 bits per heavy atom. The Labute approximate surface area is 87.0 Å². The molecule has 0 unspecified atom stereocenters. The molecule has 1 amide bonds. The highest BCUT2D eigenvalue weighted by Crippen LogP contribution is 2.18. The number of rotatable bonds is 3. The Morgan fingerprint density at radius 2 is 1.73 bits per heavy atom. The lowest BCUT2D eigenvalue weighted by atomic mass is 10.0. The molecule has 1 rings (SSSR count). The van der Waals surface area contributed by atoms with Gasteiger partial charge in [-0.2, -0.15) is 0 Å². The minimum absolute atomic E-state index is 0.0445. The van der Waals surface area contributed by atoms with Gasteiger partial charge in [0, 0.05) is 5.57 Å². The van der Waals surface area contributed by atoms with E-state index in [-0.39, 0.29) is 11.1 Å². The van der Waals surface area contributed by atoms with E-state index in [0.717, 1.165) is 0 Å². The van der Waals surface area contributed by atoms with E-state index >= 15 is 0 Å². The molecule has 0 bridgehead atoms. The van der Waals surface area contributed by atoms with Crippen LogP contribution in [0.1, 0.15) is 12.5 Å². The van der Waals surface area contributed by atoms with Crippen LogP contribution in [0.3, 0.4) is 0 Å². The molecule has 0 aliphatic carbocycles. The first-order valence-corrected chi connectivity index (χ1v) is 4.33. The third-order valence-corrected chi connectivity index (χ3v) is 2.00. The second-order valence-corrected chi connectivity index (χ2v) is 3.04. The van der Waals surface area contributed by atoms with E-state index in [1.54, 1.807) is 30.3 Å². The molecule has 0 aliphatic rings. The van der Waals surface area contributed by atoms with E-state index in [0.29, 0.717) is 5.56 Å². The molecule has 0 aromatic heterocycles. The van der Waals surface area contributed by atoms with Gasteiger partial charge >= 0.3 is 5.97 Å². The standard InChI is InChI=1S/C11H11NO3/c1-7(11(14)15)9(10(12)13)8-5-3-2-4-6-8/h2-6H,1H3,(H2,12,13)(H,14,15). The number of carboxylic acid groups (broad SMARTS) is 1. The van der Waals surface area contributed by atoms with Gasteiger partial charge in [0.25, 0.3) is 0 Å². The summed E-state index contributed by atoms with van der Waals surface area (Å²) in [6, 6.07) is 8.50. The molecule has 1 aromatic rings. The van der Waals surface area contributed by atoms with Crippen molar-refractivity contribution in [2.45, 2.75) is 6.92 Å². The van der Waals surface area contributed by atoms with Crippen LogP contribution in [0.4, 0.5) is 0 Å². The Morgan fingerprint density at radius 1 is 1.20 bits per heavy atom. The van der Waals surface area contributed by atoms with Crippen molar-refractivity contribution in [1.29, 1.82) is 0 Å². The fourth-order valence-electron chi connectivity index (χ4n) is 1.26. The maximum Gasteiger partial charge on any atom is 0.332 e.